The summed E-state index contributed by atoms with van der Waals surface area (Å²) in [5.41, 5.74) is -0.271. The van der Waals surface area contributed by atoms with E-state index in [9.17, 15) is 21.2 Å². The van der Waals surface area contributed by atoms with Gasteiger partial charge in [-0.15, -0.1) is 12.4 Å². The Bertz CT molecular complexity index is 727. The van der Waals surface area contributed by atoms with Crippen LogP contribution in [0.15, 0.2) is 23.1 Å². The minimum absolute atomic E-state index is 0. The largest absolute Gasteiger partial charge is 0.320 e. The molecule has 0 aliphatic heterocycles. The van der Waals surface area contributed by atoms with Crippen LogP contribution in [0.3, 0.4) is 0 Å². The lowest BCUT2D eigenvalue weighted by molar-refractivity contribution is 0.574. The van der Waals surface area contributed by atoms with Crippen molar-refractivity contribution in [1.29, 1.82) is 0 Å². The van der Waals surface area contributed by atoms with Gasteiger partial charge in [-0.25, -0.2) is 25.9 Å². The maximum atomic E-state index is 14.0. The van der Waals surface area contributed by atoms with E-state index in [0.717, 1.165) is 18.2 Å². The fourth-order valence-corrected chi connectivity index (χ4v) is 4.01. The molecule has 7 nitrogen and oxygen atoms in total. The van der Waals surface area contributed by atoms with Crippen molar-refractivity contribution >= 4 is 38.1 Å². The highest BCUT2D eigenvalue weighted by Crippen LogP contribution is 2.20. The average Bonchev–Trinajstić information content (AvgIpc) is 2.45. The van der Waals surface area contributed by atoms with E-state index >= 15 is 0 Å². The van der Waals surface area contributed by atoms with Gasteiger partial charge in [-0.3, -0.25) is 4.72 Å². The average molecular weight is 404 g/mol. The minimum atomic E-state index is -3.83. The predicted octanol–water partition coefficient (Wildman–Crippen LogP) is 1.29. The molecule has 0 amide bonds. The first kappa shape index (κ1) is 23.1. The number of hydrogen-bond acceptors (Lipinski definition) is 5. The van der Waals surface area contributed by atoms with Gasteiger partial charge in [0, 0.05) is 6.54 Å². The first-order valence-electron chi connectivity index (χ1n) is 7.16. The Morgan fingerprint density at radius 3 is 2.33 bits per heavy atom. The van der Waals surface area contributed by atoms with Gasteiger partial charge >= 0.3 is 0 Å². The summed E-state index contributed by atoms with van der Waals surface area (Å²) in [7, 11) is -5.71. The van der Waals surface area contributed by atoms with Crippen LogP contribution in [-0.2, 0) is 20.0 Å². The number of sulfonamides is 2. The van der Waals surface area contributed by atoms with E-state index in [-0.39, 0.29) is 35.3 Å². The van der Waals surface area contributed by atoms with Crippen molar-refractivity contribution in [1.82, 2.24) is 10.0 Å². The molecule has 0 aromatic heterocycles. The van der Waals surface area contributed by atoms with Crippen LogP contribution < -0.4 is 14.8 Å². The van der Waals surface area contributed by atoms with Crippen LogP contribution >= 0.6 is 12.4 Å². The van der Waals surface area contributed by atoms with Gasteiger partial charge < -0.3 is 5.32 Å². The number of halogens is 2. The smallest absolute Gasteiger partial charge is 0.240 e. The van der Waals surface area contributed by atoms with Crippen LogP contribution in [0.1, 0.15) is 19.8 Å². The van der Waals surface area contributed by atoms with Crippen LogP contribution in [0.5, 0.6) is 0 Å². The standard InChI is InChI=1S/C13H22FN3O4S2.ClH/c1-3-9-22(18,19)17-13-6-5-11(10-12(13)14)23(20,21)16-8-4-7-15-2;/h5-6,10,15-17H,3-4,7-9H2,1-2H3;1H. The van der Waals surface area contributed by atoms with Gasteiger partial charge in [-0.2, -0.15) is 0 Å². The van der Waals surface area contributed by atoms with E-state index in [0.29, 0.717) is 19.4 Å². The summed E-state index contributed by atoms with van der Waals surface area (Å²) in [6.07, 6.45) is 0.979. The molecule has 1 aromatic carbocycles. The van der Waals surface area contributed by atoms with E-state index in [4.69, 9.17) is 0 Å². The predicted molar refractivity (Wildman–Crippen MR) is 95.1 cm³/mol. The normalized spacial score (nSPS) is 11.8. The molecule has 0 unspecified atom stereocenters. The zero-order valence-electron chi connectivity index (χ0n) is 13.5. The molecule has 0 aliphatic rings. The Morgan fingerprint density at radius 2 is 1.79 bits per heavy atom. The van der Waals surface area contributed by atoms with Crippen LogP contribution in [-0.4, -0.2) is 42.7 Å². The highest BCUT2D eigenvalue weighted by Gasteiger charge is 2.18. The van der Waals surface area contributed by atoms with Crippen LogP contribution in [0, 0.1) is 5.82 Å². The number of benzene rings is 1. The van der Waals surface area contributed by atoms with Gasteiger partial charge in [0.25, 0.3) is 0 Å². The SMILES string of the molecule is CCCS(=O)(=O)Nc1ccc(S(=O)(=O)NCCCNC)cc1F.Cl. The minimum Gasteiger partial charge on any atom is -0.320 e. The molecule has 0 spiro atoms. The van der Waals surface area contributed by atoms with Gasteiger partial charge in [-0.1, -0.05) is 6.92 Å². The highest BCUT2D eigenvalue weighted by atomic mass is 35.5. The molecule has 140 valence electrons. The van der Waals surface area contributed by atoms with Crippen molar-refractivity contribution in [2.45, 2.75) is 24.7 Å². The molecule has 0 saturated carbocycles. The van der Waals surface area contributed by atoms with Crippen LogP contribution in [0.4, 0.5) is 10.1 Å². The summed E-state index contributed by atoms with van der Waals surface area (Å²) in [4.78, 5) is -0.252. The van der Waals surface area contributed by atoms with Gasteiger partial charge in [0.05, 0.1) is 16.3 Å². The van der Waals surface area contributed by atoms with Gasteiger partial charge in [-0.05, 0) is 44.6 Å². The molecule has 0 saturated heterocycles. The summed E-state index contributed by atoms with van der Waals surface area (Å²) in [6, 6.07) is 3.06. The molecule has 0 atom stereocenters. The first-order chi connectivity index (χ1) is 10.7. The zero-order chi connectivity index (χ0) is 17.5. The van der Waals surface area contributed by atoms with E-state index in [2.05, 4.69) is 14.8 Å². The van der Waals surface area contributed by atoms with Crippen molar-refractivity contribution in [3.05, 3.63) is 24.0 Å². The van der Waals surface area contributed by atoms with Gasteiger partial charge in [0.1, 0.15) is 5.82 Å². The number of nitrogens with one attached hydrogen (secondary N) is 3. The quantitative estimate of drug-likeness (QED) is 0.510. The van der Waals surface area contributed by atoms with Crippen molar-refractivity contribution in [2.75, 3.05) is 30.6 Å². The lowest BCUT2D eigenvalue weighted by Gasteiger charge is -2.10. The molecule has 0 fully saturated rings. The number of rotatable bonds is 10. The Balaban J connectivity index is 0.00000529. The molecule has 24 heavy (non-hydrogen) atoms. The molecular weight excluding hydrogens is 381 g/mol. The lowest BCUT2D eigenvalue weighted by Crippen LogP contribution is -2.27. The van der Waals surface area contributed by atoms with Gasteiger partial charge in [0.15, 0.2) is 0 Å². The zero-order valence-corrected chi connectivity index (χ0v) is 16.0. The summed E-state index contributed by atoms with van der Waals surface area (Å²) >= 11 is 0. The van der Waals surface area contributed by atoms with E-state index in [1.807, 2.05) is 0 Å². The van der Waals surface area contributed by atoms with E-state index < -0.39 is 25.9 Å². The molecular formula is C13H23ClFN3O4S2. The van der Waals surface area contributed by atoms with Crippen LogP contribution in [0.2, 0.25) is 0 Å². The fraction of sp³-hybridized carbons (Fsp3) is 0.538. The summed E-state index contributed by atoms with van der Waals surface area (Å²) in [6.45, 7) is 2.55. The second kappa shape index (κ2) is 10.1. The Kier molecular flexibility index (Phi) is 9.74. The maximum absolute atomic E-state index is 14.0. The lowest BCUT2D eigenvalue weighted by atomic mass is 10.3. The third-order valence-electron chi connectivity index (χ3n) is 2.88. The molecule has 0 bridgehead atoms. The Morgan fingerprint density at radius 1 is 1.12 bits per heavy atom. The second-order valence-corrected chi connectivity index (χ2v) is 8.53. The molecule has 11 heteroatoms. The van der Waals surface area contributed by atoms with Crippen molar-refractivity contribution in [3.8, 4) is 0 Å². The molecule has 1 rings (SSSR count). The van der Waals surface area contributed by atoms with E-state index in [1.54, 1.807) is 14.0 Å². The first-order valence-corrected chi connectivity index (χ1v) is 10.3. The molecule has 0 heterocycles. The molecule has 3 N–H and O–H groups in total. The Hall–Kier alpha value is -0.940. The Labute approximate surface area is 148 Å². The summed E-state index contributed by atoms with van der Waals surface area (Å²) < 4.78 is 65.7. The fourth-order valence-electron chi connectivity index (χ4n) is 1.79. The third-order valence-corrected chi connectivity index (χ3v) is 5.82. The summed E-state index contributed by atoms with van der Waals surface area (Å²) in [5, 5.41) is 2.88. The third kappa shape index (κ3) is 7.31. The number of hydrogen-bond donors (Lipinski definition) is 3. The van der Waals surface area contributed by atoms with E-state index in [1.165, 1.54) is 0 Å². The molecule has 1 aromatic rings. The van der Waals surface area contributed by atoms with Crippen LogP contribution in [0.25, 0.3) is 0 Å². The molecule has 0 aliphatic carbocycles. The van der Waals surface area contributed by atoms with Crippen molar-refractivity contribution in [2.24, 2.45) is 0 Å². The molecule has 0 radical (unpaired) electrons. The second-order valence-electron chi connectivity index (χ2n) is 4.92. The monoisotopic (exact) mass is 403 g/mol. The maximum Gasteiger partial charge on any atom is 0.240 e. The van der Waals surface area contributed by atoms with Gasteiger partial charge in [0.2, 0.25) is 20.0 Å². The summed E-state index contributed by atoms with van der Waals surface area (Å²) in [5.74, 6) is -1.08. The number of anilines is 1. The highest BCUT2D eigenvalue weighted by molar-refractivity contribution is 7.92. The van der Waals surface area contributed by atoms with Crippen molar-refractivity contribution in [3.63, 3.8) is 0 Å². The topological polar surface area (TPSA) is 104 Å². The van der Waals surface area contributed by atoms with Crippen molar-refractivity contribution < 1.29 is 21.2 Å².